The Balaban J connectivity index is -0.000000163. The fraction of sp³-hybridized carbons (Fsp3) is 0.667. The molecule has 0 amide bonds. The molecule has 0 radical (unpaired) electrons. The van der Waals surface area contributed by atoms with Crippen LogP contribution >= 0.6 is 0 Å². The van der Waals surface area contributed by atoms with Crippen molar-refractivity contribution in [2.75, 3.05) is 13.2 Å². The number of carboxylic acids is 1. The van der Waals surface area contributed by atoms with Crippen LogP contribution in [0.5, 0.6) is 0 Å². The Hall–Kier alpha value is 0.810. The Morgan fingerprint density at radius 3 is 2.06 bits per heavy atom. The standard InChI is InChI=1S/C6H10O8S.2Na.2H/c7-1-2-14-6(10)4(3-5(8)9)15(11,12)13;;;;/h4,7H,1-3H2,(H,8,9)(H,11,12,13);;;;/q;2*+1;2*-1. The Kier molecular flexibility index (Phi) is 14.5. The number of carboxylic acid groups (broad SMARTS) is 1. The molecule has 0 saturated heterocycles. The van der Waals surface area contributed by atoms with E-state index in [1.165, 1.54) is 0 Å². The monoisotopic (exact) mass is 290 g/mol. The van der Waals surface area contributed by atoms with Gasteiger partial charge in [-0.15, -0.1) is 0 Å². The second-order valence-electron chi connectivity index (χ2n) is 2.49. The van der Waals surface area contributed by atoms with Crippen LogP contribution in [-0.2, 0) is 24.4 Å². The van der Waals surface area contributed by atoms with E-state index < -0.39 is 46.9 Å². The molecule has 0 fully saturated rings. The van der Waals surface area contributed by atoms with Crippen LogP contribution in [0.1, 0.15) is 9.27 Å². The Bertz CT molecular complexity index is 349. The molecule has 0 aromatic carbocycles. The summed E-state index contributed by atoms with van der Waals surface area (Å²) < 4.78 is 33.9. The molecule has 0 saturated carbocycles. The van der Waals surface area contributed by atoms with Crippen LogP contribution in [0.4, 0.5) is 0 Å². The summed E-state index contributed by atoms with van der Waals surface area (Å²) in [5.41, 5.74) is 0. The largest absolute Gasteiger partial charge is 1.00 e. The van der Waals surface area contributed by atoms with Crippen LogP contribution in [-0.4, -0.2) is 53.6 Å². The predicted molar refractivity (Wildman–Crippen MR) is 47.9 cm³/mol. The average molecular weight is 290 g/mol. The van der Waals surface area contributed by atoms with E-state index in [1.807, 2.05) is 0 Å². The number of ether oxygens (including phenoxy) is 1. The maximum absolute atomic E-state index is 10.9. The summed E-state index contributed by atoms with van der Waals surface area (Å²) in [6.07, 6.45) is -1.09. The van der Waals surface area contributed by atoms with Crippen molar-refractivity contribution in [3.05, 3.63) is 0 Å². The summed E-state index contributed by atoms with van der Waals surface area (Å²) in [6, 6.07) is 0. The van der Waals surface area contributed by atoms with E-state index in [4.69, 9.17) is 14.8 Å². The number of aliphatic hydroxyl groups is 1. The first-order chi connectivity index (χ1) is 6.79. The van der Waals surface area contributed by atoms with Gasteiger partial charge in [-0.25, -0.2) is 0 Å². The van der Waals surface area contributed by atoms with Gasteiger partial charge in [0.2, 0.25) is 0 Å². The second kappa shape index (κ2) is 10.7. The number of hydrogen-bond donors (Lipinski definition) is 3. The minimum absolute atomic E-state index is 0. The molecule has 1 unspecified atom stereocenters. The van der Waals surface area contributed by atoms with Crippen LogP contribution in [0.2, 0.25) is 0 Å². The fourth-order valence-electron chi connectivity index (χ4n) is 0.708. The molecule has 0 aliphatic carbocycles. The van der Waals surface area contributed by atoms with Crippen molar-refractivity contribution >= 4 is 22.1 Å². The maximum atomic E-state index is 10.9. The Morgan fingerprint density at radius 1 is 1.29 bits per heavy atom. The number of carbonyl (C=O) groups excluding carboxylic acids is 1. The van der Waals surface area contributed by atoms with E-state index in [-0.39, 0.29) is 62.0 Å². The molecule has 0 aliphatic heterocycles. The van der Waals surface area contributed by atoms with Crippen LogP contribution in [0, 0.1) is 0 Å². The molecular weight excluding hydrogens is 278 g/mol. The quantitative estimate of drug-likeness (QED) is 0.249. The van der Waals surface area contributed by atoms with Gasteiger partial charge < -0.3 is 17.8 Å². The molecule has 0 spiro atoms. The minimum Gasteiger partial charge on any atom is -1.00 e. The zero-order valence-corrected chi connectivity index (χ0v) is 14.3. The molecule has 11 heteroatoms. The van der Waals surface area contributed by atoms with E-state index >= 15 is 0 Å². The molecule has 3 N–H and O–H groups in total. The van der Waals surface area contributed by atoms with Gasteiger partial charge in [-0.1, -0.05) is 0 Å². The predicted octanol–water partition coefficient (Wildman–Crippen LogP) is -7.51. The molecule has 92 valence electrons. The van der Waals surface area contributed by atoms with Gasteiger partial charge >= 0.3 is 71.1 Å². The average Bonchev–Trinajstić information content (AvgIpc) is 2.08. The van der Waals surface area contributed by atoms with Gasteiger partial charge in [0.25, 0.3) is 10.1 Å². The van der Waals surface area contributed by atoms with E-state index in [2.05, 4.69) is 4.74 Å². The summed E-state index contributed by atoms with van der Waals surface area (Å²) in [4.78, 5) is 21.2. The number of carbonyl (C=O) groups is 2. The van der Waals surface area contributed by atoms with E-state index in [0.717, 1.165) is 0 Å². The smallest absolute Gasteiger partial charge is 1.00 e. The first-order valence-electron chi connectivity index (χ1n) is 3.74. The topological polar surface area (TPSA) is 138 Å². The molecule has 0 rings (SSSR count). The van der Waals surface area contributed by atoms with Gasteiger partial charge in [0.05, 0.1) is 13.0 Å². The van der Waals surface area contributed by atoms with Crippen molar-refractivity contribution in [3.63, 3.8) is 0 Å². The Morgan fingerprint density at radius 2 is 1.76 bits per heavy atom. The normalized spacial score (nSPS) is 11.6. The number of aliphatic hydroxyl groups excluding tert-OH is 1. The van der Waals surface area contributed by atoms with Gasteiger partial charge in [-0.3, -0.25) is 14.1 Å². The zero-order valence-electron chi connectivity index (χ0n) is 11.5. The number of aliphatic carboxylic acids is 1. The third-order valence-electron chi connectivity index (χ3n) is 1.32. The summed E-state index contributed by atoms with van der Waals surface area (Å²) in [5.74, 6) is -2.98. The van der Waals surface area contributed by atoms with Crippen LogP contribution in [0.15, 0.2) is 0 Å². The molecule has 0 bridgehead atoms. The minimum atomic E-state index is -4.83. The van der Waals surface area contributed by atoms with Gasteiger partial charge in [0.1, 0.15) is 6.61 Å². The van der Waals surface area contributed by atoms with E-state index in [9.17, 15) is 18.0 Å². The molecule has 17 heavy (non-hydrogen) atoms. The maximum Gasteiger partial charge on any atom is 1.00 e. The number of rotatable bonds is 6. The molecular formula is C6H12Na2O8S. The van der Waals surface area contributed by atoms with E-state index in [1.54, 1.807) is 0 Å². The molecule has 0 aromatic rings. The fourth-order valence-corrected chi connectivity index (χ4v) is 1.37. The molecule has 0 heterocycles. The van der Waals surface area contributed by atoms with E-state index in [0.29, 0.717) is 0 Å². The number of esters is 1. The van der Waals surface area contributed by atoms with Crippen molar-refractivity contribution in [1.29, 1.82) is 0 Å². The van der Waals surface area contributed by atoms with Crippen molar-refractivity contribution in [2.24, 2.45) is 0 Å². The summed E-state index contributed by atoms with van der Waals surface area (Å²) in [6.45, 7) is -0.999. The molecule has 0 aliphatic rings. The molecule has 1 atom stereocenters. The van der Waals surface area contributed by atoms with Crippen LogP contribution in [0.3, 0.4) is 0 Å². The van der Waals surface area contributed by atoms with Crippen LogP contribution in [0.25, 0.3) is 0 Å². The van der Waals surface area contributed by atoms with Gasteiger partial charge in [-0.2, -0.15) is 8.42 Å². The summed E-state index contributed by atoms with van der Waals surface area (Å²) in [7, 11) is -4.83. The SMILES string of the molecule is O=C(O)CC(C(=O)OCCO)S(=O)(=O)O.[H-].[H-].[Na+].[Na+]. The van der Waals surface area contributed by atoms with Gasteiger partial charge in [-0.05, 0) is 0 Å². The van der Waals surface area contributed by atoms with Gasteiger partial charge in [0.15, 0.2) is 5.25 Å². The first-order valence-corrected chi connectivity index (χ1v) is 5.25. The summed E-state index contributed by atoms with van der Waals surface area (Å²) >= 11 is 0. The summed E-state index contributed by atoms with van der Waals surface area (Å²) in [5, 5.41) is 14.4. The zero-order chi connectivity index (χ0) is 12.1. The number of hydrogen-bond acceptors (Lipinski definition) is 6. The van der Waals surface area contributed by atoms with Crippen molar-refractivity contribution < 1.29 is 99.5 Å². The first kappa shape index (κ1) is 22.9. The molecule has 0 aromatic heterocycles. The van der Waals surface area contributed by atoms with Crippen molar-refractivity contribution in [2.45, 2.75) is 11.7 Å². The van der Waals surface area contributed by atoms with Crippen LogP contribution < -0.4 is 59.1 Å². The van der Waals surface area contributed by atoms with Gasteiger partial charge in [0, 0.05) is 0 Å². The van der Waals surface area contributed by atoms with Crippen molar-refractivity contribution in [3.8, 4) is 0 Å². The Labute approximate surface area is 145 Å². The third-order valence-corrected chi connectivity index (χ3v) is 2.40. The molecule has 8 nitrogen and oxygen atoms in total. The van der Waals surface area contributed by atoms with Crippen molar-refractivity contribution in [1.82, 2.24) is 0 Å². The third kappa shape index (κ3) is 10.4. The second-order valence-corrected chi connectivity index (χ2v) is 4.09.